The minimum absolute atomic E-state index is 0.0193. The first-order chi connectivity index (χ1) is 9.19. The lowest BCUT2D eigenvalue weighted by atomic mass is 10.0. The molecule has 2 aromatic rings. The number of aromatic nitrogens is 1. The summed E-state index contributed by atoms with van der Waals surface area (Å²) < 4.78 is 10.7. The van der Waals surface area contributed by atoms with E-state index in [2.05, 4.69) is 15.7 Å². The average molecular weight is 278 g/mol. The van der Waals surface area contributed by atoms with E-state index in [1.807, 2.05) is 32.2 Å². The Kier molecular flexibility index (Phi) is 4.39. The SMILES string of the molecule is CNC(c1csc(C)n1)c1ccc(OC)cc1OC. The summed E-state index contributed by atoms with van der Waals surface area (Å²) in [6.07, 6.45) is 0. The van der Waals surface area contributed by atoms with Crippen molar-refractivity contribution in [3.8, 4) is 11.5 Å². The number of nitrogens with one attached hydrogen (secondary N) is 1. The van der Waals surface area contributed by atoms with Gasteiger partial charge in [0.1, 0.15) is 11.5 Å². The lowest BCUT2D eigenvalue weighted by Crippen LogP contribution is -2.18. The second-order valence-corrected chi connectivity index (χ2v) is 5.18. The van der Waals surface area contributed by atoms with Crippen LogP contribution in [-0.2, 0) is 0 Å². The molecule has 1 heterocycles. The van der Waals surface area contributed by atoms with Gasteiger partial charge in [0.05, 0.1) is 31.0 Å². The number of ether oxygens (including phenoxy) is 2. The van der Waals surface area contributed by atoms with Crippen molar-refractivity contribution in [2.45, 2.75) is 13.0 Å². The molecule has 0 saturated heterocycles. The molecule has 1 aromatic heterocycles. The van der Waals surface area contributed by atoms with E-state index in [0.717, 1.165) is 27.8 Å². The third kappa shape index (κ3) is 2.88. The average Bonchev–Trinajstić information content (AvgIpc) is 2.86. The molecule has 0 aliphatic rings. The maximum absolute atomic E-state index is 5.45. The molecule has 102 valence electrons. The summed E-state index contributed by atoms with van der Waals surface area (Å²) >= 11 is 1.65. The first-order valence-corrected chi connectivity index (χ1v) is 6.88. The summed E-state index contributed by atoms with van der Waals surface area (Å²) in [5, 5.41) is 6.41. The normalized spacial score (nSPS) is 12.2. The standard InChI is InChI=1S/C14H18N2O2S/c1-9-16-12(8-19-9)14(15-2)11-6-5-10(17-3)7-13(11)18-4/h5-8,14-15H,1-4H3. The Morgan fingerprint density at radius 2 is 2.05 bits per heavy atom. The fourth-order valence-electron chi connectivity index (χ4n) is 2.03. The molecule has 4 nitrogen and oxygen atoms in total. The summed E-state index contributed by atoms with van der Waals surface area (Å²) in [5.41, 5.74) is 2.06. The van der Waals surface area contributed by atoms with E-state index in [1.54, 1.807) is 25.6 Å². The number of methoxy groups -OCH3 is 2. The van der Waals surface area contributed by atoms with Crippen LogP contribution in [0.15, 0.2) is 23.6 Å². The zero-order valence-electron chi connectivity index (χ0n) is 11.6. The fourth-order valence-corrected chi connectivity index (χ4v) is 2.67. The highest BCUT2D eigenvalue weighted by molar-refractivity contribution is 7.09. The quantitative estimate of drug-likeness (QED) is 0.913. The van der Waals surface area contributed by atoms with E-state index < -0.39 is 0 Å². The Bertz CT molecular complexity index is 554. The van der Waals surface area contributed by atoms with Crippen molar-refractivity contribution in [2.24, 2.45) is 0 Å². The van der Waals surface area contributed by atoms with Crippen molar-refractivity contribution < 1.29 is 9.47 Å². The predicted octanol–water partition coefficient (Wildman–Crippen LogP) is 2.78. The molecule has 0 fully saturated rings. The molecule has 0 spiro atoms. The third-order valence-electron chi connectivity index (χ3n) is 2.97. The molecule has 0 bridgehead atoms. The fraction of sp³-hybridized carbons (Fsp3) is 0.357. The first-order valence-electron chi connectivity index (χ1n) is 6.00. The smallest absolute Gasteiger partial charge is 0.127 e. The number of aryl methyl sites for hydroxylation is 1. The molecule has 0 radical (unpaired) electrons. The van der Waals surface area contributed by atoms with Crippen LogP contribution < -0.4 is 14.8 Å². The van der Waals surface area contributed by atoms with E-state index in [9.17, 15) is 0 Å². The third-order valence-corrected chi connectivity index (χ3v) is 3.76. The van der Waals surface area contributed by atoms with Crippen LogP contribution in [0.5, 0.6) is 11.5 Å². The second kappa shape index (κ2) is 6.04. The number of benzene rings is 1. The predicted molar refractivity (Wildman–Crippen MR) is 77.3 cm³/mol. The maximum Gasteiger partial charge on any atom is 0.127 e. The van der Waals surface area contributed by atoms with Gasteiger partial charge in [-0.1, -0.05) is 0 Å². The van der Waals surface area contributed by atoms with Gasteiger partial charge >= 0.3 is 0 Å². The molecule has 1 unspecified atom stereocenters. The van der Waals surface area contributed by atoms with Crippen LogP contribution in [0.1, 0.15) is 22.3 Å². The Morgan fingerprint density at radius 3 is 2.58 bits per heavy atom. The molecule has 19 heavy (non-hydrogen) atoms. The number of hydrogen-bond acceptors (Lipinski definition) is 5. The minimum atomic E-state index is 0.0193. The summed E-state index contributed by atoms with van der Waals surface area (Å²) in [6, 6.07) is 5.85. The van der Waals surface area contributed by atoms with Crippen LogP contribution in [0, 0.1) is 6.92 Å². The number of hydrogen-bond donors (Lipinski definition) is 1. The van der Waals surface area contributed by atoms with Crippen LogP contribution in [-0.4, -0.2) is 26.3 Å². The number of rotatable bonds is 5. The zero-order chi connectivity index (χ0) is 13.8. The summed E-state index contributed by atoms with van der Waals surface area (Å²) in [4.78, 5) is 4.55. The Morgan fingerprint density at radius 1 is 1.26 bits per heavy atom. The number of nitrogens with zero attached hydrogens (tertiary/aromatic N) is 1. The van der Waals surface area contributed by atoms with Crippen LogP contribution in [0.2, 0.25) is 0 Å². The zero-order valence-corrected chi connectivity index (χ0v) is 12.4. The van der Waals surface area contributed by atoms with Gasteiger partial charge in [-0.2, -0.15) is 0 Å². The van der Waals surface area contributed by atoms with Crippen LogP contribution in [0.25, 0.3) is 0 Å². The molecular weight excluding hydrogens is 260 g/mol. The van der Waals surface area contributed by atoms with Gasteiger partial charge in [0.15, 0.2) is 0 Å². The maximum atomic E-state index is 5.45. The lowest BCUT2D eigenvalue weighted by Gasteiger charge is -2.18. The van der Waals surface area contributed by atoms with Crippen LogP contribution in [0.4, 0.5) is 0 Å². The van der Waals surface area contributed by atoms with Gasteiger partial charge in [-0.25, -0.2) is 4.98 Å². The van der Waals surface area contributed by atoms with Gasteiger partial charge in [-0.3, -0.25) is 0 Å². The highest BCUT2D eigenvalue weighted by Gasteiger charge is 2.19. The minimum Gasteiger partial charge on any atom is -0.497 e. The van der Waals surface area contributed by atoms with Gasteiger partial charge in [0.25, 0.3) is 0 Å². The van der Waals surface area contributed by atoms with E-state index >= 15 is 0 Å². The van der Waals surface area contributed by atoms with E-state index in [1.165, 1.54) is 0 Å². The van der Waals surface area contributed by atoms with Crippen molar-refractivity contribution in [2.75, 3.05) is 21.3 Å². The molecule has 0 aliphatic heterocycles. The Balaban J connectivity index is 2.43. The highest BCUT2D eigenvalue weighted by atomic mass is 32.1. The van der Waals surface area contributed by atoms with Gasteiger partial charge in [-0.15, -0.1) is 11.3 Å². The molecular formula is C14H18N2O2S. The molecule has 0 saturated carbocycles. The lowest BCUT2D eigenvalue weighted by molar-refractivity contribution is 0.388. The molecule has 0 aliphatic carbocycles. The van der Waals surface area contributed by atoms with Crippen molar-refractivity contribution in [3.05, 3.63) is 39.8 Å². The van der Waals surface area contributed by atoms with Crippen molar-refractivity contribution in [1.29, 1.82) is 0 Å². The Hall–Kier alpha value is -1.59. The molecule has 1 N–H and O–H groups in total. The van der Waals surface area contributed by atoms with Crippen LogP contribution in [0.3, 0.4) is 0 Å². The monoisotopic (exact) mass is 278 g/mol. The topological polar surface area (TPSA) is 43.4 Å². The molecule has 5 heteroatoms. The van der Waals surface area contributed by atoms with Gasteiger partial charge in [0, 0.05) is 17.0 Å². The second-order valence-electron chi connectivity index (χ2n) is 4.12. The molecule has 0 amide bonds. The van der Waals surface area contributed by atoms with Gasteiger partial charge in [0.2, 0.25) is 0 Å². The van der Waals surface area contributed by atoms with Gasteiger partial charge < -0.3 is 14.8 Å². The van der Waals surface area contributed by atoms with Crippen LogP contribution >= 0.6 is 11.3 Å². The molecule has 1 aromatic carbocycles. The van der Waals surface area contributed by atoms with Crippen molar-refractivity contribution >= 4 is 11.3 Å². The van der Waals surface area contributed by atoms with E-state index in [-0.39, 0.29) is 6.04 Å². The van der Waals surface area contributed by atoms with E-state index in [0.29, 0.717) is 0 Å². The highest BCUT2D eigenvalue weighted by Crippen LogP contribution is 2.33. The molecule has 2 rings (SSSR count). The summed E-state index contributed by atoms with van der Waals surface area (Å²) in [5.74, 6) is 1.58. The van der Waals surface area contributed by atoms with Crippen molar-refractivity contribution in [3.63, 3.8) is 0 Å². The molecule has 1 atom stereocenters. The van der Waals surface area contributed by atoms with Crippen molar-refractivity contribution in [1.82, 2.24) is 10.3 Å². The Labute approximate surface area is 117 Å². The summed E-state index contributed by atoms with van der Waals surface area (Å²) in [6.45, 7) is 2.01. The largest absolute Gasteiger partial charge is 0.497 e. The summed E-state index contributed by atoms with van der Waals surface area (Å²) in [7, 11) is 5.23. The first kappa shape index (κ1) is 13.8. The van der Waals surface area contributed by atoms with E-state index in [4.69, 9.17) is 9.47 Å². The van der Waals surface area contributed by atoms with Gasteiger partial charge in [-0.05, 0) is 26.1 Å². The number of thiazole rings is 1.